The number of nitrogens with zero attached hydrogens (tertiary/aromatic N) is 1. The highest BCUT2D eigenvalue weighted by Gasteiger charge is 2.26. The minimum absolute atomic E-state index is 0.0424. The van der Waals surface area contributed by atoms with Gasteiger partial charge >= 0.3 is 6.03 Å². The fraction of sp³-hybridized carbons (Fsp3) is 0.353. The summed E-state index contributed by atoms with van der Waals surface area (Å²) in [6, 6.07) is 6.61. The van der Waals surface area contributed by atoms with Crippen LogP contribution in [0.2, 0.25) is 0 Å². The van der Waals surface area contributed by atoms with Crippen LogP contribution in [0.5, 0.6) is 0 Å². The molecule has 26 heavy (non-hydrogen) atoms. The van der Waals surface area contributed by atoms with E-state index in [2.05, 4.69) is 10.6 Å². The second-order valence-corrected chi connectivity index (χ2v) is 6.95. The average Bonchev–Trinajstić information content (AvgIpc) is 3.33. The molecule has 0 unspecified atom stereocenters. The quantitative estimate of drug-likeness (QED) is 0.667. The van der Waals surface area contributed by atoms with Gasteiger partial charge in [0.15, 0.2) is 6.54 Å². The third-order valence-electron chi connectivity index (χ3n) is 4.16. The molecule has 4 amide bonds. The van der Waals surface area contributed by atoms with Crippen molar-refractivity contribution in [1.29, 1.82) is 0 Å². The number of urea groups is 1. The Hall–Kier alpha value is -2.65. The van der Waals surface area contributed by atoms with E-state index in [1.807, 2.05) is 22.4 Å². The molecule has 2 aromatic rings. The molecule has 3 N–H and O–H groups in total. The zero-order chi connectivity index (χ0) is 18.4. The molecule has 3 heterocycles. The van der Waals surface area contributed by atoms with Gasteiger partial charge in [-0.3, -0.25) is 14.9 Å². The van der Waals surface area contributed by atoms with Crippen LogP contribution in [0.15, 0.2) is 40.3 Å². The highest BCUT2D eigenvalue weighted by atomic mass is 32.1. The Morgan fingerprint density at radius 3 is 2.65 bits per heavy atom. The van der Waals surface area contributed by atoms with E-state index in [0.717, 1.165) is 9.78 Å². The Balaban J connectivity index is 1.36. The molecule has 0 aromatic carbocycles. The van der Waals surface area contributed by atoms with Gasteiger partial charge in [-0.1, -0.05) is 6.07 Å². The lowest BCUT2D eigenvalue weighted by Gasteiger charge is -2.31. The number of piperazine rings is 1. The molecule has 1 saturated heterocycles. The monoisotopic (exact) mass is 377 g/mol. The van der Waals surface area contributed by atoms with E-state index in [4.69, 9.17) is 4.42 Å². The zero-order valence-corrected chi connectivity index (χ0v) is 15.0. The lowest BCUT2D eigenvalue weighted by molar-refractivity contribution is -0.895. The van der Waals surface area contributed by atoms with Gasteiger partial charge < -0.3 is 19.5 Å². The number of imide groups is 1. The molecule has 8 nitrogen and oxygen atoms in total. The number of hydrogen-bond donors (Lipinski definition) is 3. The topological polar surface area (TPSA) is 96.1 Å². The van der Waals surface area contributed by atoms with Crippen LogP contribution in [0.4, 0.5) is 4.79 Å². The van der Waals surface area contributed by atoms with Gasteiger partial charge in [0.05, 0.1) is 43.9 Å². The van der Waals surface area contributed by atoms with E-state index in [1.54, 1.807) is 12.1 Å². The largest absolute Gasteiger partial charge is 0.467 e. The van der Waals surface area contributed by atoms with Crippen molar-refractivity contribution in [3.63, 3.8) is 0 Å². The maximum absolute atomic E-state index is 12.3. The van der Waals surface area contributed by atoms with Crippen LogP contribution in [0.3, 0.4) is 0 Å². The first-order chi connectivity index (χ1) is 12.6. The number of nitrogens with one attached hydrogen (secondary N) is 3. The van der Waals surface area contributed by atoms with Crippen molar-refractivity contribution in [2.75, 3.05) is 32.7 Å². The molecule has 1 fully saturated rings. The number of furan rings is 1. The average molecular weight is 377 g/mol. The Morgan fingerprint density at radius 2 is 2.00 bits per heavy atom. The van der Waals surface area contributed by atoms with Crippen molar-refractivity contribution >= 4 is 29.2 Å². The molecule has 0 bridgehead atoms. The van der Waals surface area contributed by atoms with Crippen LogP contribution in [0, 0.1) is 0 Å². The van der Waals surface area contributed by atoms with E-state index in [9.17, 15) is 14.4 Å². The first-order valence-corrected chi connectivity index (χ1v) is 9.26. The first kappa shape index (κ1) is 18.2. The van der Waals surface area contributed by atoms with Crippen molar-refractivity contribution in [3.8, 4) is 0 Å². The van der Waals surface area contributed by atoms with Crippen molar-refractivity contribution in [1.82, 2.24) is 15.5 Å². The SMILES string of the molecule is O=C(C[NH+]1CCN(C(=O)c2cccs2)CC1)NC(=O)NCc1ccco1. The molecular formula is C17H21N4O4S+. The normalized spacial score (nSPS) is 14.8. The summed E-state index contributed by atoms with van der Waals surface area (Å²) in [5.74, 6) is 0.320. The van der Waals surface area contributed by atoms with Gasteiger partial charge in [0.2, 0.25) is 0 Å². The molecule has 0 saturated carbocycles. The zero-order valence-electron chi connectivity index (χ0n) is 14.2. The van der Waals surface area contributed by atoms with Gasteiger partial charge in [-0.25, -0.2) is 4.79 Å². The summed E-state index contributed by atoms with van der Waals surface area (Å²) in [6.45, 7) is 2.99. The molecule has 3 rings (SSSR count). The number of quaternary nitrogens is 1. The fourth-order valence-corrected chi connectivity index (χ4v) is 3.47. The number of rotatable bonds is 5. The van der Waals surface area contributed by atoms with Crippen LogP contribution in [0.1, 0.15) is 15.4 Å². The van der Waals surface area contributed by atoms with E-state index in [1.165, 1.54) is 17.6 Å². The van der Waals surface area contributed by atoms with Crippen LogP contribution in [0.25, 0.3) is 0 Å². The van der Waals surface area contributed by atoms with Crippen molar-refractivity contribution in [2.45, 2.75) is 6.54 Å². The van der Waals surface area contributed by atoms with Crippen molar-refractivity contribution in [2.24, 2.45) is 0 Å². The predicted octanol–water partition coefficient (Wildman–Crippen LogP) is -0.292. The molecule has 0 aliphatic carbocycles. The minimum Gasteiger partial charge on any atom is -0.467 e. The number of hydrogen-bond acceptors (Lipinski definition) is 5. The first-order valence-electron chi connectivity index (χ1n) is 8.38. The summed E-state index contributed by atoms with van der Waals surface area (Å²) >= 11 is 1.43. The minimum atomic E-state index is -0.544. The summed E-state index contributed by atoms with van der Waals surface area (Å²) in [7, 11) is 0. The van der Waals surface area contributed by atoms with Crippen LogP contribution in [-0.4, -0.2) is 55.5 Å². The molecule has 138 valence electrons. The van der Waals surface area contributed by atoms with Gasteiger partial charge in [0, 0.05) is 0 Å². The molecule has 1 aliphatic heterocycles. The lowest BCUT2D eigenvalue weighted by atomic mass is 10.3. The van der Waals surface area contributed by atoms with Crippen LogP contribution >= 0.6 is 11.3 Å². The van der Waals surface area contributed by atoms with E-state index in [-0.39, 0.29) is 24.9 Å². The van der Waals surface area contributed by atoms with E-state index in [0.29, 0.717) is 31.9 Å². The third kappa shape index (κ3) is 4.93. The standard InChI is InChI=1S/C17H20N4O4S/c22-15(19-17(24)18-11-13-3-1-9-25-13)12-20-5-7-21(8-6-20)16(23)14-4-2-10-26-14/h1-4,9-10H,5-8,11-12H2,(H2,18,19,22,24)/p+1. The highest BCUT2D eigenvalue weighted by molar-refractivity contribution is 7.12. The molecule has 9 heteroatoms. The van der Waals surface area contributed by atoms with Gasteiger partial charge in [-0.05, 0) is 23.6 Å². The van der Waals surface area contributed by atoms with E-state index < -0.39 is 6.03 Å². The fourth-order valence-electron chi connectivity index (χ4n) is 2.78. The van der Waals surface area contributed by atoms with E-state index >= 15 is 0 Å². The number of carbonyl (C=O) groups excluding carboxylic acids is 3. The summed E-state index contributed by atoms with van der Waals surface area (Å²) in [5, 5.41) is 6.77. The molecule has 1 aliphatic rings. The highest BCUT2D eigenvalue weighted by Crippen LogP contribution is 2.11. The second-order valence-electron chi connectivity index (χ2n) is 6.01. The number of thiophene rings is 1. The van der Waals surface area contributed by atoms with Gasteiger partial charge in [-0.2, -0.15) is 0 Å². The summed E-state index contributed by atoms with van der Waals surface area (Å²) in [4.78, 5) is 39.6. The Kier molecular flexibility index (Phi) is 6.03. The lowest BCUT2D eigenvalue weighted by Crippen LogP contribution is -3.15. The maximum atomic E-state index is 12.3. The van der Waals surface area contributed by atoms with Crippen molar-refractivity contribution in [3.05, 3.63) is 46.5 Å². The summed E-state index contributed by atoms with van der Waals surface area (Å²) in [6.07, 6.45) is 1.52. The Labute approximate surface area is 154 Å². The van der Waals surface area contributed by atoms with Crippen LogP contribution < -0.4 is 15.5 Å². The summed E-state index contributed by atoms with van der Waals surface area (Å²) in [5.41, 5.74) is 0. The predicted molar refractivity (Wildman–Crippen MR) is 94.9 cm³/mol. The Bertz CT molecular complexity index is 737. The Morgan fingerprint density at radius 1 is 1.19 bits per heavy atom. The maximum Gasteiger partial charge on any atom is 0.321 e. The smallest absolute Gasteiger partial charge is 0.321 e. The number of amides is 4. The van der Waals surface area contributed by atoms with Gasteiger partial charge in [0.25, 0.3) is 11.8 Å². The molecule has 2 aromatic heterocycles. The molecule has 0 atom stereocenters. The molecule has 0 spiro atoms. The van der Waals surface area contributed by atoms with Crippen LogP contribution in [-0.2, 0) is 11.3 Å². The summed E-state index contributed by atoms with van der Waals surface area (Å²) < 4.78 is 5.10. The van der Waals surface area contributed by atoms with Gasteiger partial charge in [0.1, 0.15) is 5.76 Å². The molecular weight excluding hydrogens is 356 g/mol. The third-order valence-corrected chi connectivity index (χ3v) is 5.01. The van der Waals surface area contributed by atoms with Crippen molar-refractivity contribution < 1.29 is 23.7 Å². The second kappa shape index (κ2) is 8.63. The number of carbonyl (C=O) groups is 3. The molecule has 0 radical (unpaired) electrons. The van der Waals surface area contributed by atoms with Gasteiger partial charge in [-0.15, -0.1) is 11.3 Å².